The van der Waals surface area contributed by atoms with E-state index in [0.29, 0.717) is 0 Å². The Bertz CT molecular complexity index is 536. The summed E-state index contributed by atoms with van der Waals surface area (Å²) in [6.45, 7) is 1.09. The van der Waals surface area contributed by atoms with Gasteiger partial charge in [-0.2, -0.15) is 0 Å². The summed E-state index contributed by atoms with van der Waals surface area (Å²) < 4.78 is 4.97. The zero-order valence-electron chi connectivity index (χ0n) is 11.4. The third-order valence-corrected chi connectivity index (χ3v) is 3.19. The monoisotopic (exact) mass is 335 g/mol. The van der Waals surface area contributed by atoms with E-state index in [-0.39, 0.29) is 27.9 Å². The molecule has 1 aromatic carbocycles. The van der Waals surface area contributed by atoms with Crippen LogP contribution in [-0.4, -0.2) is 41.3 Å². The molecule has 0 saturated carbocycles. The zero-order chi connectivity index (χ0) is 16.2. The number of amides is 1. The van der Waals surface area contributed by atoms with Gasteiger partial charge in [-0.3, -0.25) is 9.59 Å². The Morgan fingerprint density at radius 2 is 1.86 bits per heavy atom. The van der Waals surface area contributed by atoms with Crippen LogP contribution < -0.4 is 10.1 Å². The summed E-state index contributed by atoms with van der Waals surface area (Å²) in [6, 6.07) is 2.74. The highest BCUT2D eigenvalue weighted by Gasteiger charge is 2.25. The topological polar surface area (TPSA) is 95.9 Å². The lowest BCUT2D eigenvalue weighted by molar-refractivity contribution is -0.141. The summed E-state index contributed by atoms with van der Waals surface area (Å²) >= 11 is 11.8. The van der Waals surface area contributed by atoms with Gasteiger partial charge in [0.2, 0.25) is 0 Å². The number of carboxylic acids is 1. The Kier molecular flexibility index (Phi) is 5.83. The molecule has 0 aliphatic rings. The Morgan fingerprint density at radius 1 is 1.33 bits per heavy atom. The first kappa shape index (κ1) is 17.6. The van der Waals surface area contributed by atoms with Gasteiger partial charge in [0.15, 0.2) is 5.75 Å². The van der Waals surface area contributed by atoms with Gasteiger partial charge in [0.1, 0.15) is 0 Å². The smallest absolute Gasteiger partial charge is 0.306 e. The van der Waals surface area contributed by atoms with E-state index < -0.39 is 23.9 Å². The molecule has 0 radical (unpaired) electrons. The lowest BCUT2D eigenvalue weighted by Crippen LogP contribution is -2.42. The maximum absolute atomic E-state index is 12.0. The van der Waals surface area contributed by atoms with E-state index in [1.807, 2.05) is 0 Å². The Morgan fingerprint density at radius 3 is 2.29 bits per heavy atom. The van der Waals surface area contributed by atoms with E-state index in [2.05, 4.69) is 5.32 Å². The van der Waals surface area contributed by atoms with Gasteiger partial charge in [-0.25, -0.2) is 0 Å². The van der Waals surface area contributed by atoms with Crippen LogP contribution in [0.3, 0.4) is 0 Å². The van der Waals surface area contributed by atoms with Crippen LogP contribution in [0, 0.1) is 0 Å². The molecule has 116 valence electrons. The van der Waals surface area contributed by atoms with E-state index in [1.165, 1.54) is 26.2 Å². The molecule has 1 aromatic rings. The molecule has 6 nitrogen and oxygen atoms in total. The summed E-state index contributed by atoms with van der Waals surface area (Å²) in [4.78, 5) is 22.5. The molecule has 0 fully saturated rings. The molecule has 1 atom stereocenters. The number of hydrogen-bond acceptors (Lipinski definition) is 4. The number of carbonyl (C=O) groups is 2. The summed E-state index contributed by atoms with van der Waals surface area (Å²) in [5.41, 5.74) is -1.38. The maximum Gasteiger partial charge on any atom is 0.306 e. The van der Waals surface area contributed by atoms with E-state index in [1.54, 1.807) is 0 Å². The van der Waals surface area contributed by atoms with Gasteiger partial charge < -0.3 is 20.3 Å². The normalized spacial score (nSPS) is 13.4. The van der Waals surface area contributed by atoms with Crippen LogP contribution in [0.5, 0.6) is 5.75 Å². The number of aliphatic hydroxyl groups is 1. The maximum atomic E-state index is 12.0. The molecule has 1 amide bonds. The molecule has 0 saturated heterocycles. The van der Waals surface area contributed by atoms with Crippen LogP contribution >= 0.6 is 23.2 Å². The predicted octanol–water partition coefficient (Wildman–Crippen LogP) is 1.96. The number of methoxy groups -OCH3 is 1. The Labute approximate surface area is 131 Å². The highest BCUT2D eigenvalue weighted by Crippen LogP contribution is 2.33. The van der Waals surface area contributed by atoms with Gasteiger partial charge in [-0.1, -0.05) is 23.2 Å². The fourth-order valence-electron chi connectivity index (χ4n) is 1.65. The van der Waals surface area contributed by atoms with Crippen molar-refractivity contribution in [2.75, 3.05) is 13.7 Å². The van der Waals surface area contributed by atoms with Crippen LogP contribution in [0.2, 0.25) is 10.0 Å². The summed E-state index contributed by atoms with van der Waals surface area (Å²) in [5, 5.41) is 21.2. The Balaban J connectivity index is 2.79. The first-order valence-corrected chi connectivity index (χ1v) is 6.67. The van der Waals surface area contributed by atoms with Gasteiger partial charge in [0.25, 0.3) is 5.91 Å². The molecule has 0 aliphatic heterocycles. The minimum absolute atomic E-state index is 0.174. The summed E-state index contributed by atoms with van der Waals surface area (Å²) in [6.07, 6.45) is -0.489. The first-order valence-electron chi connectivity index (χ1n) is 5.91. The van der Waals surface area contributed by atoms with Crippen molar-refractivity contribution in [2.24, 2.45) is 0 Å². The van der Waals surface area contributed by atoms with Crippen molar-refractivity contribution in [3.63, 3.8) is 0 Å². The second kappa shape index (κ2) is 6.98. The molecule has 0 spiro atoms. The van der Waals surface area contributed by atoms with E-state index in [4.69, 9.17) is 33.0 Å². The predicted molar refractivity (Wildman–Crippen MR) is 78.2 cm³/mol. The third-order valence-electron chi connectivity index (χ3n) is 2.63. The molecular weight excluding hydrogens is 321 g/mol. The van der Waals surface area contributed by atoms with Crippen molar-refractivity contribution in [2.45, 2.75) is 18.9 Å². The average Bonchev–Trinajstić information content (AvgIpc) is 2.34. The van der Waals surface area contributed by atoms with Gasteiger partial charge in [-0.05, 0) is 19.1 Å². The fourth-order valence-corrected chi connectivity index (χ4v) is 2.29. The number of ether oxygens (including phenoxy) is 1. The van der Waals surface area contributed by atoms with Crippen molar-refractivity contribution in [3.05, 3.63) is 27.7 Å². The molecule has 0 aliphatic carbocycles. The number of rotatable bonds is 6. The average molecular weight is 336 g/mol. The minimum Gasteiger partial charge on any atom is -0.494 e. The number of carbonyl (C=O) groups excluding carboxylic acids is 1. The first-order chi connectivity index (χ1) is 9.66. The number of aliphatic carboxylic acids is 1. The van der Waals surface area contributed by atoms with Crippen LogP contribution in [0.4, 0.5) is 0 Å². The van der Waals surface area contributed by atoms with Crippen molar-refractivity contribution < 1.29 is 24.5 Å². The highest BCUT2D eigenvalue weighted by molar-refractivity contribution is 6.37. The molecular formula is C13H15Cl2NO5. The molecule has 8 heteroatoms. The van der Waals surface area contributed by atoms with Gasteiger partial charge in [-0.15, -0.1) is 0 Å². The quantitative estimate of drug-likeness (QED) is 0.738. The standard InChI is InChI=1S/C13H15Cl2NO5/c1-13(20,5-10(17)18)6-16-12(19)7-3-8(14)11(21-2)9(15)4-7/h3-4,20H,5-6H2,1-2H3,(H,16,19)(H,17,18). The van der Waals surface area contributed by atoms with Gasteiger partial charge >= 0.3 is 5.97 Å². The largest absolute Gasteiger partial charge is 0.494 e. The number of nitrogens with one attached hydrogen (secondary N) is 1. The second-order valence-electron chi connectivity index (χ2n) is 4.72. The zero-order valence-corrected chi connectivity index (χ0v) is 13.0. The van der Waals surface area contributed by atoms with E-state index >= 15 is 0 Å². The summed E-state index contributed by atoms with van der Waals surface area (Å²) in [7, 11) is 1.40. The summed E-state index contributed by atoms with van der Waals surface area (Å²) in [5.74, 6) is -1.44. The van der Waals surface area contributed by atoms with Crippen LogP contribution in [0.1, 0.15) is 23.7 Å². The number of hydrogen-bond donors (Lipinski definition) is 3. The van der Waals surface area contributed by atoms with Crippen molar-refractivity contribution in [1.29, 1.82) is 0 Å². The molecule has 0 bridgehead atoms. The van der Waals surface area contributed by atoms with Crippen LogP contribution in [0.25, 0.3) is 0 Å². The molecule has 1 unspecified atom stereocenters. The molecule has 1 rings (SSSR count). The highest BCUT2D eigenvalue weighted by atomic mass is 35.5. The second-order valence-corrected chi connectivity index (χ2v) is 5.54. The molecule has 21 heavy (non-hydrogen) atoms. The molecule has 3 N–H and O–H groups in total. The van der Waals surface area contributed by atoms with Crippen LogP contribution in [0.15, 0.2) is 12.1 Å². The molecule has 0 aromatic heterocycles. The third kappa shape index (κ3) is 5.08. The number of benzene rings is 1. The Hall–Kier alpha value is -1.50. The lowest BCUT2D eigenvalue weighted by Gasteiger charge is -2.21. The number of halogens is 2. The fraction of sp³-hybridized carbons (Fsp3) is 0.385. The van der Waals surface area contributed by atoms with Crippen molar-refractivity contribution >= 4 is 35.1 Å². The van der Waals surface area contributed by atoms with E-state index in [0.717, 1.165) is 0 Å². The van der Waals surface area contributed by atoms with Crippen molar-refractivity contribution in [1.82, 2.24) is 5.32 Å². The SMILES string of the molecule is COc1c(Cl)cc(C(=O)NCC(C)(O)CC(=O)O)cc1Cl. The van der Waals surface area contributed by atoms with Crippen molar-refractivity contribution in [3.8, 4) is 5.75 Å². The van der Waals surface area contributed by atoms with Gasteiger partial charge in [0.05, 0.1) is 29.2 Å². The minimum atomic E-state index is -1.55. The number of carboxylic acid groups (broad SMARTS) is 1. The lowest BCUT2D eigenvalue weighted by atomic mass is 10.0. The van der Waals surface area contributed by atoms with E-state index in [9.17, 15) is 14.7 Å². The van der Waals surface area contributed by atoms with Crippen LogP contribution in [-0.2, 0) is 4.79 Å². The van der Waals surface area contributed by atoms with Gasteiger partial charge in [0, 0.05) is 12.1 Å². The molecule has 0 heterocycles.